The Morgan fingerprint density at radius 2 is 1.69 bits per heavy atom. The van der Waals surface area contributed by atoms with E-state index in [2.05, 4.69) is 5.32 Å². The fourth-order valence-corrected chi connectivity index (χ4v) is 2.55. The van der Waals surface area contributed by atoms with Gasteiger partial charge >= 0.3 is 12.3 Å². The number of anilines is 1. The Morgan fingerprint density at radius 3 is 2.31 bits per heavy atom. The molecule has 0 aliphatic carbocycles. The molecular weight excluding hydrogens is 385 g/mol. The first-order valence-corrected chi connectivity index (χ1v) is 8.87. The summed E-state index contributed by atoms with van der Waals surface area (Å²) in [5.74, 6) is -0.865. The normalized spacial score (nSPS) is 11.7. The average Bonchev–Trinajstić information content (AvgIpc) is 2.59. The molecule has 1 N–H and O–H groups in total. The van der Waals surface area contributed by atoms with Gasteiger partial charge in [-0.3, -0.25) is 4.79 Å². The second-order valence-corrected chi connectivity index (χ2v) is 7.53. The Kier molecular flexibility index (Phi) is 6.56. The van der Waals surface area contributed by atoms with Gasteiger partial charge in [-0.05, 0) is 50.6 Å². The van der Waals surface area contributed by atoms with E-state index in [1.54, 1.807) is 52.1 Å². The largest absolute Gasteiger partial charge is 0.444 e. The molecule has 2 rings (SSSR count). The van der Waals surface area contributed by atoms with E-state index in [1.807, 2.05) is 0 Å². The SMILES string of the molecule is CN(Cc1cccc(NC(=O)c2ccccc2C(F)(F)F)c1)C(=O)OC(C)(C)C. The predicted molar refractivity (Wildman–Crippen MR) is 104 cm³/mol. The molecule has 0 atom stereocenters. The summed E-state index contributed by atoms with van der Waals surface area (Å²) in [6.07, 6.45) is -5.14. The smallest absolute Gasteiger partial charge is 0.417 e. The summed E-state index contributed by atoms with van der Waals surface area (Å²) in [6, 6.07) is 11.1. The highest BCUT2D eigenvalue weighted by Gasteiger charge is 2.34. The van der Waals surface area contributed by atoms with Crippen molar-refractivity contribution in [1.29, 1.82) is 0 Å². The number of halogens is 3. The van der Waals surface area contributed by atoms with Gasteiger partial charge in [-0.1, -0.05) is 24.3 Å². The molecule has 0 aliphatic heterocycles. The number of hydrogen-bond acceptors (Lipinski definition) is 3. The number of amides is 2. The summed E-state index contributed by atoms with van der Waals surface area (Å²) in [5, 5.41) is 2.48. The Morgan fingerprint density at radius 1 is 1.03 bits per heavy atom. The van der Waals surface area contributed by atoms with Crippen molar-refractivity contribution < 1.29 is 27.5 Å². The topological polar surface area (TPSA) is 58.6 Å². The maximum absolute atomic E-state index is 13.1. The number of alkyl halides is 3. The van der Waals surface area contributed by atoms with Gasteiger partial charge < -0.3 is 15.0 Å². The highest BCUT2D eigenvalue weighted by atomic mass is 19.4. The van der Waals surface area contributed by atoms with Gasteiger partial charge in [0.15, 0.2) is 0 Å². The highest BCUT2D eigenvalue weighted by molar-refractivity contribution is 6.05. The van der Waals surface area contributed by atoms with Crippen molar-refractivity contribution in [2.75, 3.05) is 12.4 Å². The summed E-state index contributed by atoms with van der Waals surface area (Å²) in [7, 11) is 1.57. The Balaban J connectivity index is 2.13. The van der Waals surface area contributed by atoms with Crippen molar-refractivity contribution in [2.45, 2.75) is 39.1 Å². The average molecular weight is 408 g/mol. The third-order valence-corrected chi connectivity index (χ3v) is 3.79. The van der Waals surface area contributed by atoms with Crippen LogP contribution in [0.5, 0.6) is 0 Å². The molecular formula is C21H23F3N2O3. The number of nitrogens with one attached hydrogen (secondary N) is 1. The fraction of sp³-hybridized carbons (Fsp3) is 0.333. The third-order valence-electron chi connectivity index (χ3n) is 3.79. The molecule has 2 aromatic rings. The lowest BCUT2D eigenvalue weighted by Gasteiger charge is -2.24. The zero-order chi connectivity index (χ0) is 21.8. The predicted octanol–water partition coefficient (Wildman–Crippen LogP) is 5.32. The first kappa shape index (κ1) is 22.3. The lowest BCUT2D eigenvalue weighted by atomic mass is 10.1. The monoisotopic (exact) mass is 408 g/mol. The summed E-state index contributed by atoms with van der Waals surface area (Å²) in [6.45, 7) is 5.48. The van der Waals surface area contributed by atoms with Crippen molar-refractivity contribution in [3.63, 3.8) is 0 Å². The molecule has 0 aromatic heterocycles. The van der Waals surface area contributed by atoms with Crippen molar-refractivity contribution in [3.05, 3.63) is 65.2 Å². The maximum Gasteiger partial charge on any atom is 0.417 e. The molecule has 5 nitrogen and oxygen atoms in total. The van der Waals surface area contributed by atoms with Crippen LogP contribution in [-0.4, -0.2) is 29.5 Å². The van der Waals surface area contributed by atoms with Gasteiger partial charge in [-0.25, -0.2) is 4.79 Å². The summed E-state index contributed by atoms with van der Waals surface area (Å²) >= 11 is 0. The van der Waals surface area contributed by atoms with Gasteiger partial charge in [0.1, 0.15) is 5.60 Å². The van der Waals surface area contributed by atoms with Gasteiger partial charge in [-0.2, -0.15) is 13.2 Å². The molecule has 0 heterocycles. The number of nitrogens with zero attached hydrogens (tertiary/aromatic N) is 1. The molecule has 0 aliphatic rings. The molecule has 0 unspecified atom stereocenters. The second-order valence-electron chi connectivity index (χ2n) is 7.53. The second kappa shape index (κ2) is 8.55. The standard InChI is InChI=1S/C21H23F3N2O3/c1-20(2,3)29-19(28)26(4)13-14-8-7-9-15(12-14)25-18(27)16-10-5-6-11-17(16)21(22,23)24/h5-12H,13H2,1-4H3,(H,25,27). The summed E-state index contributed by atoms with van der Waals surface area (Å²) in [4.78, 5) is 25.8. The number of carbonyl (C=O) groups excluding carboxylic acids is 2. The molecule has 0 fully saturated rings. The van der Waals surface area contributed by atoms with Crippen LogP contribution >= 0.6 is 0 Å². The van der Waals surface area contributed by atoms with Crippen molar-refractivity contribution in [1.82, 2.24) is 4.90 Å². The zero-order valence-electron chi connectivity index (χ0n) is 16.6. The van der Waals surface area contributed by atoms with Crippen molar-refractivity contribution in [2.24, 2.45) is 0 Å². The van der Waals surface area contributed by atoms with E-state index in [0.717, 1.165) is 12.1 Å². The number of carbonyl (C=O) groups is 2. The summed E-state index contributed by atoms with van der Waals surface area (Å²) < 4.78 is 44.6. The highest BCUT2D eigenvalue weighted by Crippen LogP contribution is 2.32. The lowest BCUT2D eigenvalue weighted by molar-refractivity contribution is -0.137. The van der Waals surface area contributed by atoms with E-state index in [4.69, 9.17) is 4.74 Å². The third kappa shape index (κ3) is 6.51. The van der Waals surface area contributed by atoms with Crippen LogP contribution in [-0.2, 0) is 17.5 Å². The quantitative estimate of drug-likeness (QED) is 0.744. The zero-order valence-corrected chi connectivity index (χ0v) is 16.6. The van der Waals surface area contributed by atoms with Crippen molar-refractivity contribution in [3.8, 4) is 0 Å². The minimum atomic E-state index is -4.63. The number of rotatable bonds is 4. The van der Waals surface area contributed by atoms with Gasteiger partial charge in [0, 0.05) is 19.3 Å². The maximum atomic E-state index is 13.1. The molecule has 2 aromatic carbocycles. The van der Waals surface area contributed by atoms with E-state index < -0.39 is 34.9 Å². The van der Waals surface area contributed by atoms with Crippen LogP contribution < -0.4 is 5.32 Å². The van der Waals surface area contributed by atoms with Crippen LogP contribution in [0.2, 0.25) is 0 Å². The first-order valence-electron chi connectivity index (χ1n) is 8.87. The van der Waals surface area contributed by atoms with Crippen LogP contribution in [0.1, 0.15) is 42.3 Å². The molecule has 0 radical (unpaired) electrons. The molecule has 156 valence electrons. The van der Waals surface area contributed by atoms with E-state index in [9.17, 15) is 22.8 Å². The molecule has 29 heavy (non-hydrogen) atoms. The Hall–Kier alpha value is -3.03. The first-order chi connectivity index (χ1) is 13.4. The Bertz CT molecular complexity index is 889. The molecule has 0 saturated carbocycles. The van der Waals surface area contributed by atoms with Gasteiger partial charge in [0.05, 0.1) is 11.1 Å². The Labute approximate surface area is 167 Å². The van der Waals surface area contributed by atoms with E-state index >= 15 is 0 Å². The van der Waals surface area contributed by atoms with Crippen LogP contribution in [0.3, 0.4) is 0 Å². The summed E-state index contributed by atoms with van der Waals surface area (Å²) in [5.41, 5.74) is -1.09. The molecule has 0 saturated heterocycles. The van der Waals surface area contributed by atoms with Gasteiger partial charge in [-0.15, -0.1) is 0 Å². The van der Waals surface area contributed by atoms with E-state index in [-0.39, 0.29) is 6.54 Å². The minimum Gasteiger partial charge on any atom is -0.444 e. The van der Waals surface area contributed by atoms with E-state index in [0.29, 0.717) is 11.3 Å². The van der Waals surface area contributed by atoms with Crippen LogP contribution in [0, 0.1) is 0 Å². The van der Waals surface area contributed by atoms with Gasteiger partial charge in [0.2, 0.25) is 0 Å². The van der Waals surface area contributed by atoms with Crippen molar-refractivity contribution >= 4 is 17.7 Å². The fourth-order valence-electron chi connectivity index (χ4n) is 2.55. The molecule has 2 amide bonds. The number of ether oxygens (including phenoxy) is 1. The van der Waals surface area contributed by atoms with Crippen LogP contribution in [0.25, 0.3) is 0 Å². The minimum absolute atomic E-state index is 0.206. The molecule has 0 bridgehead atoms. The number of hydrogen-bond donors (Lipinski definition) is 1. The molecule has 8 heteroatoms. The molecule has 0 spiro atoms. The lowest BCUT2D eigenvalue weighted by Crippen LogP contribution is -2.33. The number of benzene rings is 2. The van der Waals surface area contributed by atoms with E-state index in [1.165, 1.54) is 17.0 Å². The van der Waals surface area contributed by atoms with Crippen LogP contribution in [0.4, 0.5) is 23.7 Å². The van der Waals surface area contributed by atoms with Crippen LogP contribution in [0.15, 0.2) is 48.5 Å². The van der Waals surface area contributed by atoms with Gasteiger partial charge in [0.25, 0.3) is 5.91 Å².